The van der Waals surface area contributed by atoms with Gasteiger partial charge in [-0.3, -0.25) is 0 Å². The predicted octanol–water partition coefficient (Wildman–Crippen LogP) is 0.0776. The second-order valence-corrected chi connectivity index (χ2v) is 6.12. The smallest absolute Gasteiger partial charge is 0.357 e. The molecule has 2 heteroatoms. The summed E-state index contributed by atoms with van der Waals surface area (Å²) in [6, 6.07) is 21.4. The second kappa shape index (κ2) is 8.30. The van der Waals surface area contributed by atoms with E-state index in [0.717, 1.165) is 0 Å². The number of rotatable bonds is 2. The molecule has 0 saturated heterocycles. The molecule has 0 bridgehead atoms. The van der Waals surface area contributed by atoms with Gasteiger partial charge in [-0.15, -0.1) is 0 Å². The van der Waals surface area contributed by atoms with E-state index in [1.165, 1.54) is 7.14 Å². The van der Waals surface area contributed by atoms with E-state index in [4.69, 9.17) is 0 Å². The summed E-state index contributed by atoms with van der Waals surface area (Å²) >= 11 is 0.0287. The van der Waals surface area contributed by atoms with Gasteiger partial charge in [0.1, 0.15) is 0 Å². The van der Waals surface area contributed by atoms with Gasteiger partial charge < -0.3 is 4.74 Å². The highest BCUT2D eigenvalue weighted by Crippen LogP contribution is 1.85. The first-order chi connectivity index (χ1) is 7.86. The van der Waals surface area contributed by atoms with E-state index in [0.29, 0.717) is 0 Å². The van der Waals surface area contributed by atoms with E-state index < -0.39 is 0 Å². The van der Waals surface area contributed by atoms with Gasteiger partial charge in [0.05, 0.1) is 0 Å². The monoisotopic (exact) mass is 327 g/mol. The van der Waals surface area contributed by atoms with Crippen molar-refractivity contribution in [2.45, 2.75) is 0 Å². The lowest BCUT2D eigenvalue weighted by molar-refractivity contribution is -0.597. The summed E-state index contributed by atoms with van der Waals surface area (Å²) < 4.78 is 7.21. The van der Waals surface area contributed by atoms with Crippen molar-refractivity contribution in [3.05, 3.63) is 67.8 Å². The molecular formula is C14H16IO+. The van der Waals surface area contributed by atoms with Crippen LogP contribution in [0.25, 0.3) is 0 Å². The molecule has 0 fully saturated rings. The molecule has 0 spiro atoms. The first-order valence-corrected chi connectivity index (χ1v) is 7.17. The van der Waals surface area contributed by atoms with E-state index in [-0.39, 0.29) is 21.2 Å². The largest absolute Gasteiger partial charge is 0.388 e. The van der Waals surface area contributed by atoms with Crippen LogP contribution in [0.5, 0.6) is 0 Å². The highest BCUT2D eigenvalue weighted by atomic mass is 127. The Kier molecular flexibility index (Phi) is 6.85. The van der Waals surface area contributed by atoms with E-state index in [1.807, 2.05) is 0 Å². The molecule has 2 aromatic rings. The normalized spacial score (nSPS) is 9.12. The number of hydrogen-bond donors (Lipinski definition) is 0. The summed E-state index contributed by atoms with van der Waals surface area (Å²) in [5.74, 6) is 0. The lowest BCUT2D eigenvalue weighted by Crippen LogP contribution is -3.61. The van der Waals surface area contributed by atoms with Crippen LogP contribution in [0.3, 0.4) is 0 Å². The molecule has 0 N–H and O–H groups in total. The van der Waals surface area contributed by atoms with E-state index >= 15 is 0 Å². The van der Waals surface area contributed by atoms with Gasteiger partial charge in [0, 0.05) is 14.2 Å². The Bertz CT molecular complexity index is 335. The van der Waals surface area contributed by atoms with Crippen molar-refractivity contribution < 1.29 is 25.9 Å². The van der Waals surface area contributed by atoms with Crippen molar-refractivity contribution in [3.8, 4) is 0 Å². The fourth-order valence-electron chi connectivity index (χ4n) is 1.08. The third-order valence-electron chi connectivity index (χ3n) is 1.68. The molecule has 0 amide bonds. The molecular weight excluding hydrogens is 311 g/mol. The fraction of sp³-hybridized carbons (Fsp3) is 0.143. The number of ether oxygens (including phenoxy) is 1. The minimum absolute atomic E-state index is 0.0287. The van der Waals surface area contributed by atoms with Gasteiger partial charge in [-0.05, 0) is 24.3 Å². The first-order valence-electron chi connectivity index (χ1n) is 5.02. The summed E-state index contributed by atoms with van der Waals surface area (Å²) in [7, 11) is 3.25. The molecule has 2 aromatic carbocycles. The van der Waals surface area contributed by atoms with Crippen LogP contribution >= 0.6 is 0 Å². The Balaban J connectivity index is 0.000000386. The first kappa shape index (κ1) is 13.2. The van der Waals surface area contributed by atoms with E-state index in [9.17, 15) is 0 Å². The second-order valence-electron chi connectivity index (χ2n) is 3.09. The molecule has 0 atom stereocenters. The van der Waals surface area contributed by atoms with Gasteiger partial charge in [0.2, 0.25) is 0 Å². The Morgan fingerprint density at radius 3 is 1.31 bits per heavy atom. The maximum atomic E-state index is 4.25. The third-order valence-corrected chi connectivity index (χ3v) is 4.37. The maximum Gasteiger partial charge on any atom is 0.357 e. The van der Waals surface area contributed by atoms with Gasteiger partial charge >= 0.3 is 21.2 Å². The quantitative estimate of drug-likeness (QED) is 0.710. The van der Waals surface area contributed by atoms with Crippen LogP contribution in [0, 0.1) is 7.14 Å². The molecule has 16 heavy (non-hydrogen) atoms. The third kappa shape index (κ3) is 5.28. The molecule has 0 aliphatic rings. The van der Waals surface area contributed by atoms with E-state index in [2.05, 4.69) is 65.4 Å². The van der Waals surface area contributed by atoms with Crippen LogP contribution in [0.2, 0.25) is 0 Å². The molecule has 2 rings (SSSR count). The average molecular weight is 327 g/mol. The number of hydrogen-bond acceptors (Lipinski definition) is 1. The molecule has 1 nitrogen and oxygen atoms in total. The molecule has 0 saturated carbocycles. The summed E-state index contributed by atoms with van der Waals surface area (Å²) in [6.45, 7) is 0. The molecule has 0 aliphatic heterocycles. The van der Waals surface area contributed by atoms with Gasteiger partial charge in [0.25, 0.3) is 0 Å². The summed E-state index contributed by atoms with van der Waals surface area (Å²) in [4.78, 5) is 0. The zero-order valence-corrected chi connectivity index (χ0v) is 11.7. The zero-order chi connectivity index (χ0) is 11.6. The van der Waals surface area contributed by atoms with Crippen LogP contribution < -0.4 is 21.2 Å². The number of benzene rings is 2. The SMILES string of the molecule is COC.c1ccc([I+]c2ccccc2)cc1. The van der Waals surface area contributed by atoms with Crippen LogP contribution in [0.1, 0.15) is 0 Å². The number of methoxy groups -OCH3 is 1. The molecule has 0 heterocycles. The minimum atomic E-state index is 0.0287. The van der Waals surface area contributed by atoms with Crippen LogP contribution in [0.4, 0.5) is 0 Å². The molecule has 0 aliphatic carbocycles. The van der Waals surface area contributed by atoms with Crippen molar-refractivity contribution in [2.24, 2.45) is 0 Å². The van der Waals surface area contributed by atoms with Crippen molar-refractivity contribution in [1.29, 1.82) is 0 Å². The molecule has 0 radical (unpaired) electrons. The van der Waals surface area contributed by atoms with Crippen LogP contribution in [-0.4, -0.2) is 14.2 Å². The standard InChI is InChI=1S/C12H10I.C2H6O/c1-3-7-11(8-4-1)13-12-9-5-2-6-10-12;1-3-2/h1-10H;1-2H3/q+1;. The summed E-state index contributed by atoms with van der Waals surface area (Å²) in [6.07, 6.45) is 0. The summed E-state index contributed by atoms with van der Waals surface area (Å²) in [5, 5.41) is 0. The molecule has 0 aromatic heterocycles. The van der Waals surface area contributed by atoms with Crippen molar-refractivity contribution in [2.75, 3.05) is 14.2 Å². The minimum Gasteiger partial charge on any atom is -0.388 e. The van der Waals surface area contributed by atoms with Gasteiger partial charge in [0.15, 0.2) is 7.14 Å². The van der Waals surface area contributed by atoms with Crippen LogP contribution in [-0.2, 0) is 4.74 Å². The zero-order valence-electron chi connectivity index (χ0n) is 9.56. The number of halogens is 1. The van der Waals surface area contributed by atoms with E-state index in [1.54, 1.807) is 14.2 Å². The lowest BCUT2D eigenvalue weighted by atomic mass is 10.4. The van der Waals surface area contributed by atoms with Crippen molar-refractivity contribution in [1.82, 2.24) is 0 Å². The van der Waals surface area contributed by atoms with Gasteiger partial charge in [-0.25, -0.2) is 0 Å². The van der Waals surface area contributed by atoms with Gasteiger partial charge in [-0.1, -0.05) is 36.4 Å². The van der Waals surface area contributed by atoms with Crippen molar-refractivity contribution >= 4 is 0 Å². The topological polar surface area (TPSA) is 9.23 Å². The van der Waals surface area contributed by atoms with Gasteiger partial charge in [-0.2, -0.15) is 0 Å². The van der Waals surface area contributed by atoms with Crippen molar-refractivity contribution in [3.63, 3.8) is 0 Å². The Morgan fingerprint density at radius 2 is 1.00 bits per heavy atom. The Morgan fingerprint density at radius 1 is 0.688 bits per heavy atom. The predicted molar refractivity (Wildman–Crippen MR) is 63.2 cm³/mol. The highest BCUT2D eigenvalue weighted by Gasteiger charge is 2.12. The Hall–Kier alpha value is -0.870. The average Bonchev–Trinajstić information content (AvgIpc) is 2.33. The highest BCUT2D eigenvalue weighted by molar-refractivity contribution is 5.02. The summed E-state index contributed by atoms with van der Waals surface area (Å²) in [5.41, 5.74) is 0. The Labute approximate surface area is 108 Å². The maximum absolute atomic E-state index is 4.25. The fourth-order valence-corrected chi connectivity index (χ4v) is 3.35. The van der Waals surface area contributed by atoms with Crippen LogP contribution in [0.15, 0.2) is 60.7 Å². The lowest BCUT2D eigenvalue weighted by Gasteiger charge is -1.84. The molecule has 0 unspecified atom stereocenters. The molecule has 84 valence electrons.